The summed E-state index contributed by atoms with van der Waals surface area (Å²) >= 11 is 3.44. The van der Waals surface area contributed by atoms with Crippen LogP contribution in [-0.2, 0) is 16.6 Å². The highest BCUT2D eigenvalue weighted by molar-refractivity contribution is 9.10. The fourth-order valence-corrected chi connectivity index (χ4v) is 2.84. The molecule has 1 aromatic heterocycles. The van der Waals surface area contributed by atoms with Crippen LogP contribution in [0.15, 0.2) is 45.6 Å². The number of halogens is 1. The lowest BCUT2D eigenvalue weighted by Crippen LogP contribution is -2.05. The summed E-state index contributed by atoms with van der Waals surface area (Å²) in [5.74, 6) is 0.116. The second kappa shape index (κ2) is 6.12. The summed E-state index contributed by atoms with van der Waals surface area (Å²) in [6.45, 7) is 4.13. The smallest absolute Gasteiger partial charge is 0.363 e. The summed E-state index contributed by atoms with van der Waals surface area (Å²) in [5.41, 5.74) is 2.84. The van der Waals surface area contributed by atoms with Crippen LogP contribution >= 0.6 is 15.9 Å². The normalized spacial score (nSPS) is 16.1. The molecule has 0 bridgehead atoms. The van der Waals surface area contributed by atoms with E-state index >= 15 is 0 Å². The van der Waals surface area contributed by atoms with Crippen LogP contribution in [-0.4, -0.2) is 21.6 Å². The maximum atomic E-state index is 12.1. The van der Waals surface area contributed by atoms with Gasteiger partial charge in [-0.1, -0.05) is 26.0 Å². The second-order valence-corrected chi connectivity index (χ2v) is 6.47. The number of aromatic nitrogens is 2. The number of carbonyl (C=O) groups is 1. The summed E-state index contributed by atoms with van der Waals surface area (Å²) in [6, 6.07) is 7.50. The molecule has 1 aliphatic heterocycles. The lowest BCUT2D eigenvalue weighted by Gasteiger charge is -2.01. The van der Waals surface area contributed by atoms with Gasteiger partial charge in [-0.25, -0.2) is 9.79 Å². The Morgan fingerprint density at radius 2 is 2.04 bits per heavy atom. The standard InChI is InChI=1S/C17H16BrN3O2/c1-10(2)15-11(9-21(3)20-15)8-14-17(22)23-16(19-14)12-6-4-5-7-13(12)18/h4-10H,1-3H3/b14-8+. The van der Waals surface area contributed by atoms with E-state index in [4.69, 9.17) is 4.74 Å². The molecule has 0 saturated heterocycles. The van der Waals surface area contributed by atoms with E-state index in [-0.39, 0.29) is 11.6 Å². The van der Waals surface area contributed by atoms with E-state index in [2.05, 4.69) is 39.9 Å². The van der Waals surface area contributed by atoms with Crippen molar-refractivity contribution in [2.45, 2.75) is 19.8 Å². The lowest BCUT2D eigenvalue weighted by atomic mass is 10.1. The monoisotopic (exact) mass is 373 g/mol. The number of esters is 1. The van der Waals surface area contributed by atoms with Crippen molar-refractivity contribution in [1.82, 2.24) is 9.78 Å². The first-order valence-electron chi connectivity index (χ1n) is 7.26. The van der Waals surface area contributed by atoms with Crippen molar-refractivity contribution in [3.8, 4) is 0 Å². The van der Waals surface area contributed by atoms with Gasteiger partial charge in [-0.05, 0) is 40.1 Å². The van der Waals surface area contributed by atoms with Crippen LogP contribution in [0.2, 0.25) is 0 Å². The number of aryl methyl sites for hydroxylation is 1. The predicted molar refractivity (Wildman–Crippen MR) is 92.0 cm³/mol. The molecule has 0 amide bonds. The SMILES string of the molecule is CC(C)c1nn(C)cc1/C=C1/N=C(c2ccccc2Br)OC1=O. The number of hydrogen-bond donors (Lipinski definition) is 0. The number of ether oxygens (including phenoxy) is 1. The fourth-order valence-electron chi connectivity index (χ4n) is 2.39. The molecule has 0 N–H and O–H groups in total. The average molecular weight is 374 g/mol. The molecule has 118 valence electrons. The fraction of sp³-hybridized carbons (Fsp3) is 0.235. The van der Waals surface area contributed by atoms with Crippen molar-refractivity contribution >= 4 is 33.9 Å². The van der Waals surface area contributed by atoms with Gasteiger partial charge in [-0.3, -0.25) is 4.68 Å². The molecule has 0 radical (unpaired) electrons. The minimum atomic E-state index is -0.450. The third-order valence-electron chi connectivity index (χ3n) is 3.45. The number of cyclic esters (lactones) is 1. The van der Waals surface area contributed by atoms with Crippen LogP contribution in [0, 0.1) is 0 Å². The molecule has 0 spiro atoms. The third-order valence-corrected chi connectivity index (χ3v) is 4.14. The van der Waals surface area contributed by atoms with E-state index in [1.165, 1.54) is 0 Å². The molecule has 1 aromatic carbocycles. The summed E-state index contributed by atoms with van der Waals surface area (Å²) in [7, 11) is 1.86. The van der Waals surface area contributed by atoms with E-state index in [1.807, 2.05) is 37.5 Å². The highest BCUT2D eigenvalue weighted by Gasteiger charge is 2.26. The molecule has 1 aliphatic rings. The van der Waals surface area contributed by atoms with Crippen molar-refractivity contribution in [3.05, 3.63) is 57.5 Å². The molecular formula is C17H16BrN3O2. The van der Waals surface area contributed by atoms with Gasteiger partial charge in [0.15, 0.2) is 5.70 Å². The van der Waals surface area contributed by atoms with Crippen molar-refractivity contribution in [2.75, 3.05) is 0 Å². The van der Waals surface area contributed by atoms with Crippen molar-refractivity contribution in [1.29, 1.82) is 0 Å². The first kappa shape index (κ1) is 15.7. The highest BCUT2D eigenvalue weighted by Crippen LogP contribution is 2.26. The van der Waals surface area contributed by atoms with E-state index in [0.29, 0.717) is 5.90 Å². The predicted octanol–water partition coefficient (Wildman–Crippen LogP) is 3.65. The van der Waals surface area contributed by atoms with Gasteiger partial charge in [-0.2, -0.15) is 5.10 Å². The van der Waals surface area contributed by atoms with E-state index in [1.54, 1.807) is 10.8 Å². The minimum Gasteiger partial charge on any atom is -0.402 e. The van der Waals surface area contributed by atoms with Gasteiger partial charge < -0.3 is 4.74 Å². The van der Waals surface area contributed by atoms with Gasteiger partial charge in [0.25, 0.3) is 0 Å². The number of aliphatic imine (C=N–C) groups is 1. The molecule has 6 heteroatoms. The average Bonchev–Trinajstić information content (AvgIpc) is 3.03. The zero-order valence-corrected chi connectivity index (χ0v) is 14.7. The molecule has 0 aliphatic carbocycles. The largest absolute Gasteiger partial charge is 0.402 e. The van der Waals surface area contributed by atoms with E-state index in [9.17, 15) is 4.79 Å². The Morgan fingerprint density at radius 1 is 1.30 bits per heavy atom. The van der Waals surface area contributed by atoms with Gasteiger partial charge in [0, 0.05) is 23.3 Å². The van der Waals surface area contributed by atoms with Gasteiger partial charge in [0.05, 0.1) is 11.3 Å². The molecule has 0 unspecified atom stereocenters. The van der Waals surface area contributed by atoms with Crippen LogP contribution in [0.1, 0.15) is 36.6 Å². The Kier molecular flexibility index (Phi) is 4.17. The van der Waals surface area contributed by atoms with Crippen LogP contribution in [0.4, 0.5) is 0 Å². The van der Waals surface area contributed by atoms with E-state index < -0.39 is 5.97 Å². The number of hydrogen-bond acceptors (Lipinski definition) is 4. The maximum absolute atomic E-state index is 12.1. The lowest BCUT2D eigenvalue weighted by molar-refractivity contribution is -0.129. The first-order chi connectivity index (χ1) is 11.0. The molecule has 0 fully saturated rings. The Labute approximate surface area is 142 Å². The van der Waals surface area contributed by atoms with Gasteiger partial charge in [0.1, 0.15) is 0 Å². The molecule has 3 rings (SSSR count). The van der Waals surface area contributed by atoms with Gasteiger partial charge >= 0.3 is 5.97 Å². The van der Waals surface area contributed by atoms with Crippen molar-refractivity contribution < 1.29 is 9.53 Å². The van der Waals surface area contributed by atoms with Crippen molar-refractivity contribution in [2.24, 2.45) is 12.0 Å². The molecule has 5 nitrogen and oxygen atoms in total. The topological polar surface area (TPSA) is 56.5 Å². The van der Waals surface area contributed by atoms with Crippen LogP contribution in [0.5, 0.6) is 0 Å². The summed E-state index contributed by atoms with van der Waals surface area (Å²) in [5, 5.41) is 4.43. The highest BCUT2D eigenvalue weighted by atomic mass is 79.9. The summed E-state index contributed by atoms with van der Waals surface area (Å²) < 4.78 is 7.87. The number of rotatable bonds is 3. The van der Waals surface area contributed by atoms with E-state index in [0.717, 1.165) is 21.3 Å². The zero-order chi connectivity index (χ0) is 16.6. The van der Waals surface area contributed by atoms with Gasteiger partial charge in [0.2, 0.25) is 5.90 Å². The molecule has 2 heterocycles. The summed E-state index contributed by atoms with van der Waals surface area (Å²) in [6.07, 6.45) is 3.61. The molecule has 0 atom stereocenters. The maximum Gasteiger partial charge on any atom is 0.363 e. The third kappa shape index (κ3) is 3.12. The molecule has 0 saturated carbocycles. The second-order valence-electron chi connectivity index (χ2n) is 5.61. The Hall–Kier alpha value is -2.21. The molecule has 2 aromatic rings. The quantitative estimate of drug-likeness (QED) is 0.609. The first-order valence-corrected chi connectivity index (χ1v) is 8.06. The number of nitrogens with zero attached hydrogens (tertiary/aromatic N) is 3. The minimum absolute atomic E-state index is 0.257. The van der Waals surface area contributed by atoms with Crippen molar-refractivity contribution in [3.63, 3.8) is 0 Å². The number of carbonyl (C=O) groups excluding carboxylic acids is 1. The van der Waals surface area contributed by atoms with Crippen LogP contribution in [0.3, 0.4) is 0 Å². The molecule has 23 heavy (non-hydrogen) atoms. The summed E-state index contributed by atoms with van der Waals surface area (Å²) in [4.78, 5) is 16.5. The Morgan fingerprint density at radius 3 is 2.74 bits per heavy atom. The van der Waals surface area contributed by atoms with Crippen LogP contribution in [0.25, 0.3) is 6.08 Å². The molecular weight excluding hydrogens is 358 g/mol. The number of benzene rings is 1. The zero-order valence-electron chi connectivity index (χ0n) is 13.1. The Balaban J connectivity index is 2.01. The van der Waals surface area contributed by atoms with Crippen LogP contribution < -0.4 is 0 Å². The Bertz CT molecular complexity index is 834. The van der Waals surface area contributed by atoms with Gasteiger partial charge in [-0.15, -0.1) is 0 Å².